The fraction of sp³-hybridized carbons (Fsp3) is 0.680. The van der Waals surface area contributed by atoms with Crippen molar-refractivity contribution in [3.8, 4) is 5.75 Å². The second-order valence-corrected chi connectivity index (χ2v) is 10.6. The van der Waals surface area contributed by atoms with Gasteiger partial charge in [-0.05, 0) is 62.5 Å². The lowest BCUT2D eigenvalue weighted by Crippen LogP contribution is -2.46. The molecule has 3 heterocycles. The van der Waals surface area contributed by atoms with Gasteiger partial charge in [0.2, 0.25) is 5.91 Å². The van der Waals surface area contributed by atoms with Crippen molar-refractivity contribution in [3.63, 3.8) is 0 Å². The number of aliphatic hydroxyl groups is 1. The molecular weight excluding hydrogens is 438 g/mol. The Hall–Kier alpha value is -1.74. The number of aliphatic hydroxyl groups excluding tert-OH is 1. The van der Waals surface area contributed by atoms with Gasteiger partial charge in [0.25, 0.3) is 0 Å². The van der Waals surface area contributed by atoms with Gasteiger partial charge in [-0.2, -0.15) is 0 Å². The number of fused-ring (bicyclic) bond motifs is 3. The van der Waals surface area contributed by atoms with E-state index in [1.54, 1.807) is 11.3 Å². The van der Waals surface area contributed by atoms with Gasteiger partial charge in [0.15, 0.2) is 0 Å². The number of aryl methyl sites for hydroxylation is 1. The molecule has 1 atom stereocenters. The van der Waals surface area contributed by atoms with E-state index < -0.39 is 0 Å². The van der Waals surface area contributed by atoms with E-state index in [0.29, 0.717) is 25.4 Å². The van der Waals surface area contributed by atoms with E-state index in [1.807, 2.05) is 12.3 Å². The van der Waals surface area contributed by atoms with Crippen LogP contribution in [0.2, 0.25) is 0 Å². The van der Waals surface area contributed by atoms with E-state index in [0.717, 1.165) is 68.0 Å². The molecule has 3 aliphatic rings. The van der Waals surface area contributed by atoms with Gasteiger partial charge in [-0.1, -0.05) is 0 Å². The number of aromatic nitrogens is 1. The Morgan fingerprint density at radius 3 is 2.85 bits per heavy atom. The van der Waals surface area contributed by atoms with Gasteiger partial charge < -0.3 is 19.9 Å². The van der Waals surface area contributed by atoms with E-state index in [-0.39, 0.29) is 24.5 Å². The molecule has 1 aliphatic heterocycles. The number of pyridine rings is 1. The first kappa shape index (κ1) is 23.0. The average molecular weight is 474 g/mol. The monoisotopic (exact) mass is 473 g/mol. The summed E-state index contributed by atoms with van der Waals surface area (Å²) in [5.41, 5.74) is 1.29. The molecule has 1 saturated carbocycles. The van der Waals surface area contributed by atoms with Crippen LogP contribution in [0.3, 0.4) is 0 Å². The van der Waals surface area contributed by atoms with E-state index >= 15 is 0 Å². The second-order valence-electron chi connectivity index (χ2n) is 9.49. The third-order valence-corrected chi connectivity index (χ3v) is 8.56. The third-order valence-electron chi connectivity index (χ3n) is 7.38. The SMILES string of the molecule is O=C(C[C@H]1CCc2sc3nccc(OC4CCC(N5CCOCC5)CC4)c3c21)NCCCO. The Labute approximate surface area is 199 Å². The number of nitrogens with zero attached hydrogens (tertiary/aromatic N) is 2. The molecule has 8 heteroatoms. The van der Waals surface area contributed by atoms with Gasteiger partial charge in [-0.3, -0.25) is 9.69 Å². The van der Waals surface area contributed by atoms with Gasteiger partial charge in [-0.25, -0.2) is 4.98 Å². The first-order chi connectivity index (χ1) is 16.2. The summed E-state index contributed by atoms with van der Waals surface area (Å²) in [6, 6.07) is 2.67. The molecule has 0 radical (unpaired) electrons. The van der Waals surface area contributed by atoms with Crippen molar-refractivity contribution < 1.29 is 19.4 Å². The lowest BCUT2D eigenvalue weighted by molar-refractivity contribution is -0.121. The van der Waals surface area contributed by atoms with Crippen LogP contribution >= 0.6 is 11.3 Å². The number of rotatable bonds is 8. The summed E-state index contributed by atoms with van der Waals surface area (Å²) in [6.45, 7) is 4.45. The van der Waals surface area contributed by atoms with Gasteiger partial charge in [0, 0.05) is 49.8 Å². The van der Waals surface area contributed by atoms with Gasteiger partial charge >= 0.3 is 0 Å². The molecule has 2 aliphatic carbocycles. The molecule has 7 nitrogen and oxygen atoms in total. The number of carbonyl (C=O) groups excluding carboxylic acids is 1. The zero-order valence-corrected chi connectivity index (χ0v) is 20.1. The number of morpholine rings is 1. The minimum atomic E-state index is 0.0634. The number of ether oxygens (including phenoxy) is 2. The first-order valence-electron chi connectivity index (χ1n) is 12.5. The third kappa shape index (κ3) is 5.19. The molecule has 1 amide bonds. The van der Waals surface area contributed by atoms with Crippen molar-refractivity contribution in [3.05, 3.63) is 22.7 Å². The smallest absolute Gasteiger partial charge is 0.220 e. The van der Waals surface area contributed by atoms with Crippen molar-refractivity contribution in [2.75, 3.05) is 39.5 Å². The molecule has 2 fully saturated rings. The largest absolute Gasteiger partial charge is 0.490 e. The van der Waals surface area contributed by atoms with Gasteiger partial charge in [0.05, 0.1) is 24.7 Å². The molecule has 180 valence electrons. The van der Waals surface area contributed by atoms with Crippen LogP contribution in [0.1, 0.15) is 61.3 Å². The number of thiophene rings is 1. The number of nitrogens with one attached hydrogen (secondary N) is 1. The van der Waals surface area contributed by atoms with Crippen LogP contribution in [0.4, 0.5) is 0 Å². The number of hydrogen-bond donors (Lipinski definition) is 2. The van der Waals surface area contributed by atoms with Crippen molar-refractivity contribution in [1.29, 1.82) is 0 Å². The van der Waals surface area contributed by atoms with Crippen molar-refractivity contribution in [1.82, 2.24) is 15.2 Å². The van der Waals surface area contributed by atoms with E-state index in [9.17, 15) is 4.79 Å². The molecule has 2 aromatic heterocycles. The van der Waals surface area contributed by atoms with Gasteiger partial charge in [-0.15, -0.1) is 11.3 Å². The summed E-state index contributed by atoms with van der Waals surface area (Å²) < 4.78 is 12.1. The Bertz CT molecular complexity index is 951. The number of amides is 1. The van der Waals surface area contributed by atoms with Crippen LogP contribution in [0.15, 0.2) is 12.3 Å². The van der Waals surface area contributed by atoms with Crippen LogP contribution in [0.25, 0.3) is 10.2 Å². The molecule has 5 rings (SSSR count). The molecule has 0 aromatic carbocycles. The maximum absolute atomic E-state index is 12.5. The van der Waals surface area contributed by atoms with E-state index in [1.165, 1.54) is 23.3 Å². The summed E-state index contributed by atoms with van der Waals surface area (Å²) in [7, 11) is 0. The summed E-state index contributed by atoms with van der Waals surface area (Å²) in [5, 5.41) is 13.0. The number of hydrogen-bond acceptors (Lipinski definition) is 7. The molecule has 0 spiro atoms. The lowest BCUT2D eigenvalue weighted by atomic mass is 9.91. The average Bonchev–Trinajstić information content (AvgIpc) is 3.40. The Morgan fingerprint density at radius 2 is 2.06 bits per heavy atom. The van der Waals surface area contributed by atoms with Crippen LogP contribution in [-0.2, 0) is 16.0 Å². The summed E-state index contributed by atoms with van der Waals surface area (Å²) in [4.78, 5) is 22.1. The minimum absolute atomic E-state index is 0.0634. The summed E-state index contributed by atoms with van der Waals surface area (Å²) >= 11 is 1.76. The minimum Gasteiger partial charge on any atom is -0.490 e. The highest BCUT2D eigenvalue weighted by atomic mass is 32.1. The molecule has 2 aromatic rings. The molecule has 0 unspecified atom stereocenters. The Kier molecular flexibility index (Phi) is 7.45. The molecule has 0 bridgehead atoms. The predicted molar refractivity (Wildman–Crippen MR) is 129 cm³/mol. The van der Waals surface area contributed by atoms with E-state index in [2.05, 4.69) is 15.2 Å². The topological polar surface area (TPSA) is 83.9 Å². The quantitative estimate of drug-likeness (QED) is 0.573. The normalized spacial score (nSPS) is 25.8. The molecule has 33 heavy (non-hydrogen) atoms. The highest BCUT2D eigenvalue weighted by Gasteiger charge is 2.32. The molecule has 2 N–H and O–H groups in total. The van der Waals surface area contributed by atoms with Crippen LogP contribution in [-0.4, -0.2) is 72.5 Å². The fourth-order valence-electron chi connectivity index (χ4n) is 5.69. The zero-order chi connectivity index (χ0) is 22.6. The number of carbonyl (C=O) groups is 1. The van der Waals surface area contributed by atoms with Crippen LogP contribution in [0.5, 0.6) is 5.75 Å². The second kappa shape index (κ2) is 10.7. The van der Waals surface area contributed by atoms with Crippen LogP contribution < -0.4 is 10.1 Å². The maximum Gasteiger partial charge on any atom is 0.220 e. The maximum atomic E-state index is 12.5. The first-order valence-corrected chi connectivity index (χ1v) is 13.3. The molecule has 1 saturated heterocycles. The van der Waals surface area contributed by atoms with Crippen molar-refractivity contribution in [2.24, 2.45) is 0 Å². The Morgan fingerprint density at radius 1 is 1.24 bits per heavy atom. The van der Waals surface area contributed by atoms with Crippen molar-refractivity contribution >= 4 is 27.5 Å². The van der Waals surface area contributed by atoms with Gasteiger partial charge in [0.1, 0.15) is 10.6 Å². The highest BCUT2D eigenvalue weighted by molar-refractivity contribution is 7.19. The summed E-state index contributed by atoms with van der Waals surface area (Å²) in [6.07, 6.45) is 9.71. The predicted octanol–water partition coefficient (Wildman–Crippen LogP) is 3.24. The van der Waals surface area contributed by atoms with Crippen LogP contribution in [0, 0.1) is 0 Å². The Balaban J connectivity index is 1.26. The standard InChI is InChI=1S/C25H35N3O4S/c29-13-1-9-26-22(30)16-17-2-7-21-23(17)24-20(8-10-27-25(24)33-21)32-19-5-3-18(4-6-19)28-11-14-31-15-12-28/h8,10,17-19,29H,1-7,9,11-16H2,(H,26,30)/t17-,18?,19?/m1/s1. The highest BCUT2D eigenvalue weighted by Crippen LogP contribution is 2.48. The lowest BCUT2D eigenvalue weighted by Gasteiger charge is -2.38. The zero-order valence-electron chi connectivity index (χ0n) is 19.3. The molecular formula is C25H35N3O4S. The summed E-state index contributed by atoms with van der Waals surface area (Å²) in [5.74, 6) is 1.22. The fourth-order valence-corrected chi connectivity index (χ4v) is 6.94. The van der Waals surface area contributed by atoms with E-state index in [4.69, 9.17) is 14.6 Å². The van der Waals surface area contributed by atoms with Crippen molar-refractivity contribution in [2.45, 2.75) is 69.4 Å².